The van der Waals surface area contributed by atoms with E-state index in [1.54, 1.807) is 6.20 Å². The van der Waals surface area contributed by atoms with Crippen molar-refractivity contribution in [3.05, 3.63) is 59.6 Å². The van der Waals surface area contributed by atoms with Gasteiger partial charge in [-0.05, 0) is 55.7 Å². The molecule has 1 fully saturated rings. The van der Waals surface area contributed by atoms with E-state index in [2.05, 4.69) is 4.98 Å². The van der Waals surface area contributed by atoms with E-state index in [1.807, 2.05) is 53.2 Å². The molecule has 1 aliphatic rings. The van der Waals surface area contributed by atoms with Gasteiger partial charge in [0.2, 0.25) is 5.89 Å². The first-order chi connectivity index (χ1) is 14.3. The molecule has 0 bridgehead atoms. The first-order valence-electron chi connectivity index (χ1n) is 10.0. The maximum Gasteiger partial charge on any atom is 0.292 e. The Morgan fingerprint density at radius 3 is 2.66 bits per heavy atom. The number of hydrogen-bond acceptors (Lipinski definition) is 5. The van der Waals surface area contributed by atoms with Gasteiger partial charge in [0, 0.05) is 11.6 Å². The smallest absolute Gasteiger partial charge is 0.292 e. The summed E-state index contributed by atoms with van der Waals surface area (Å²) in [6.07, 6.45) is 5.61. The quantitative estimate of drug-likeness (QED) is 0.528. The normalized spacial score (nSPS) is 15.0. The summed E-state index contributed by atoms with van der Waals surface area (Å²) >= 11 is 5.48. The highest BCUT2D eigenvalue weighted by atomic mass is 32.1. The van der Waals surface area contributed by atoms with Gasteiger partial charge in [0.25, 0.3) is 4.84 Å². The van der Waals surface area contributed by atoms with Crippen molar-refractivity contribution >= 4 is 23.1 Å². The van der Waals surface area contributed by atoms with Gasteiger partial charge in [0.05, 0.1) is 35.6 Å². The Balaban J connectivity index is 1.59. The van der Waals surface area contributed by atoms with E-state index in [0.29, 0.717) is 10.7 Å². The number of benzene rings is 1. The van der Waals surface area contributed by atoms with Crippen LogP contribution >= 0.6 is 12.2 Å². The molecule has 0 atom stereocenters. The summed E-state index contributed by atoms with van der Waals surface area (Å²) in [6, 6.07) is 15.8. The third-order valence-electron chi connectivity index (χ3n) is 5.41. The Morgan fingerprint density at radius 1 is 1.00 bits per heavy atom. The van der Waals surface area contributed by atoms with E-state index in [-0.39, 0.29) is 0 Å². The summed E-state index contributed by atoms with van der Waals surface area (Å²) in [4.78, 5) is 11.1. The SMILES string of the molecule is S=c1oc(-c2cc(-c3ccccn3)nc3ccccc23)nn1C[NH+]1CCCCC1. The second kappa shape index (κ2) is 7.85. The van der Waals surface area contributed by atoms with Crippen LogP contribution in [0.4, 0.5) is 0 Å². The molecule has 4 aromatic rings. The Labute approximate surface area is 173 Å². The average Bonchev–Trinajstić information content (AvgIpc) is 3.14. The minimum Gasteiger partial charge on any atom is -0.409 e. The Hall–Kier alpha value is -2.90. The van der Waals surface area contributed by atoms with Crippen LogP contribution in [0.25, 0.3) is 33.7 Å². The molecule has 3 aromatic heterocycles. The van der Waals surface area contributed by atoms with E-state index in [4.69, 9.17) is 26.7 Å². The van der Waals surface area contributed by atoms with Gasteiger partial charge in [-0.3, -0.25) is 4.98 Å². The van der Waals surface area contributed by atoms with Gasteiger partial charge in [0.15, 0.2) is 6.67 Å². The number of piperidine rings is 1. The van der Waals surface area contributed by atoms with E-state index in [9.17, 15) is 0 Å². The van der Waals surface area contributed by atoms with Crippen molar-refractivity contribution in [3.8, 4) is 22.8 Å². The van der Waals surface area contributed by atoms with Gasteiger partial charge in [-0.15, -0.1) is 5.10 Å². The number of para-hydroxylation sites is 1. The lowest BCUT2D eigenvalue weighted by molar-refractivity contribution is -0.928. The molecule has 6 nitrogen and oxygen atoms in total. The minimum atomic E-state index is 0.415. The van der Waals surface area contributed by atoms with Crippen LogP contribution < -0.4 is 4.90 Å². The standard InChI is InChI=1S/C22H21N5OS/c29-22-27(15-26-12-6-1-7-13-26)25-21(28-22)17-14-20(19-10-4-5-11-23-19)24-18-9-3-2-8-16(17)18/h2-5,8-11,14H,1,6-7,12-13,15H2/p+1. The number of quaternary nitrogens is 1. The molecule has 4 heterocycles. The number of nitrogens with one attached hydrogen (secondary N) is 1. The predicted octanol–water partition coefficient (Wildman–Crippen LogP) is 3.51. The molecule has 29 heavy (non-hydrogen) atoms. The minimum absolute atomic E-state index is 0.415. The van der Waals surface area contributed by atoms with Gasteiger partial charge < -0.3 is 9.32 Å². The number of pyridine rings is 2. The lowest BCUT2D eigenvalue weighted by Crippen LogP contribution is -3.12. The number of rotatable bonds is 4. The Morgan fingerprint density at radius 2 is 1.83 bits per heavy atom. The first kappa shape index (κ1) is 18.1. The van der Waals surface area contributed by atoms with Crippen molar-refractivity contribution in [3.63, 3.8) is 0 Å². The van der Waals surface area contributed by atoms with Crippen molar-refractivity contribution in [1.29, 1.82) is 0 Å². The molecular weight excluding hydrogens is 382 g/mol. The van der Waals surface area contributed by atoms with Gasteiger partial charge in [-0.2, -0.15) is 4.68 Å². The van der Waals surface area contributed by atoms with Crippen LogP contribution in [0.15, 0.2) is 59.1 Å². The predicted molar refractivity (Wildman–Crippen MR) is 114 cm³/mol. The number of fused-ring (bicyclic) bond motifs is 1. The Bertz CT molecular complexity index is 1190. The topological polar surface area (TPSA) is 61.2 Å². The summed E-state index contributed by atoms with van der Waals surface area (Å²) in [5.41, 5.74) is 3.37. The molecule has 1 aromatic carbocycles. The van der Waals surface area contributed by atoms with E-state index >= 15 is 0 Å². The maximum absolute atomic E-state index is 5.95. The largest absolute Gasteiger partial charge is 0.409 e. The molecule has 0 amide bonds. The summed E-state index contributed by atoms with van der Waals surface area (Å²) < 4.78 is 7.77. The molecule has 0 aliphatic carbocycles. The molecule has 0 saturated carbocycles. The molecule has 0 radical (unpaired) electrons. The van der Waals surface area contributed by atoms with Gasteiger partial charge >= 0.3 is 0 Å². The van der Waals surface area contributed by atoms with Crippen LogP contribution in [0.5, 0.6) is 0 Å². The fourth-order valence-corrected chi connectivity index (χ4v) is 4.12. The molecule has 146 valence electrons. The molecular formula is C22H22N5OS+. The van der Waals surface area contributed by atoms with Crippen molar-refractivity contribution in [2.24, 2.45) is 0 Å². The summed E-state index contributed by atoms with van der Waals surface area (Å²) in [6.45, 7) is 3.07. The van der Waals surface area contributed by atoms with Crippen LogP contribution in [-0.2, 0) is 6.67 Å². The molecule has 1 saturated heterocycles. The van der Waals surface area contributed by atoms with Crippen molar-refractivity contribution in [1.82, 2.24) is 19.7 Å². The second-order valence-electron chi connectivity index (χ2n) is 7.43. The van der Waals surface area contributed by atoms with Crippen LogP contribution in [0, 0.1) is 4.84 Å². The zero-order valence-corrected chi connectivity index (χ0v) is 16.9. The van der Waals surface area contributed by atoms with Gasteiger partial charge in [-0.25, -0.2) is 4.98 Å². The molecule has 0 spiro atoms. The zero-order chi connectivity index (χ0) is 19.6. The summed E-state index contributed by atoms with van der Waals surface area (Å²) in [5, 5.41) is 5.72. The van der Waals surface area contributed by atoms with Crippen molar-refractivity contribution in [2.75, 3.05) is 13.1 Å². The number of aromatic nitrogens is 4. The van der Waals surface area contributed by atoms with Crippen LogP contribution in [0.2, 0.25) is 0 Å². The molecule has 5 rings (SSSR count). The maximum atomic E-state index is 5.95. The molecule has 7 heteroatoms. The van der Waals surface area contributed by atoms with Crippen molar-refractivity contribution in [2.45, 2.75) is 25.9 Å². The van der Waals surface area contributed by atoms with E-state index < -0.39 is 0 Å². The van der Waals surface area contributed by atoms with Crippen LogP contribution in [0.3, 0.4) is 0 Å². The van der Waals surface area contributed by atoms with Gasteiger partial charge in [0.1, 0.15) is 0 Å². The fourth-order valence-electron chi connectivity index (χ4n) is 3.93. The van der Waals surface area contributed by atoms with E-state index in [1.165, 1.54) is 24.2 Å². The Kier molecular flexibility index (Phi) is 4.91. The molecule has 1 N–H and O–H groups in total. The third-order valence-corrected chi connectivity index (χ3v) is 5.71. The highest BCUT2D eigenvalue weighted by molar-refractivity contribution is 7.71. The van der Waals surface area contributed by atoms with Gasteiger partial charge in [-0.1, -0.05) is 24.3 Å². The fraction of sp³-hybridized carbons (Fsp3) is 0.273. The highest BCUT2D eigenvalue weighted by Gasteiger charge is 2.19. The lowest BCUT2D eigenvalue weighted by atomic mass is 10.1. The average molecular weight is 405 g/mol. The summed E-state index contributed by atoms with van der Waals surface area (Å²) in [5.74, 6) is 0.530. The summed E-state index contributed by atoms with van der Waals surface area (Å²) in [7, 11) is 0. The highest BCUT2D eigenvalue weighted by Crippen LogP contribution is 2.30. The molecule has 1 aliphatic heterocycles. The lowest BCUT2D eigenvalue weighted by Gasteiger charge is -2.22. The number of nitrogens with zero attached hydrogens (tertiary/aromatic N) is 4. The number of hydrogen-bond donors (Lipinski definition) is 1. The second-order valence-corrected chi connectivity index (χ2v) is 7.78. The number of likely N-dealkylation sites (tertiary alicyclic amines) is 1. The van der Waals surface area contributed by atoms with Crippen LogP contribution in [0.1, 0.15) is 19.3 Å². The molecule has 0 unspecified atom stereocenters. The monoisotopic (exact) mass is 404 g/mol. The van der Waals surface area contributed by atoms with Crippen LogP contribution in [-0.4, -0.2) is 32.8 Å². The van der Waals surface area contributed by atoms with E-state index in [0.717, 1.165) is 47.6 Å². The van der Waals surface area contributed by atoms with Crippen molar-refractivity contribution < 1.29 is 9.32 Å². The third kappa shape index (κ3) is 3.71. The first-order valence-corrected chi connectivity index (χ1v) is 10.4. The zero-order valence-electron chi connectivity index (χ0n) is 16.0.